The van der Waals surface area contributed by atoms with Crippen LogP contribution in [-0.4, -0.2) is 23.3 Å². The molecule has 18 heavy (non-hydrogen) atoms. The van der Waals surface area contributed by atoms with Crippen molar-refractivity contribution in [3.05, 3.63) is 29.8 Å². The van der Waals surface area contributed by atoms with E-state index in [2.05, 4.69) is 0 Å². The monoisotopic (exact) mass is 248 g/mol. The second kappa shape index (κ2) is 6.93. The van der Waals surface area contributed by atoms with Gasteiger partial charge < -0.3 is 14.8 Å². The van der Waals surface area contributed by atoms with Crippen LogP contribution in [0.25, 0.3) is 0 Å². The standard InChI is InChI=1S/C14H21BO3/c16-15(17)14-10-6-5-7-12(14)11-18-13-8-3-1-2-4-9-13/h5-7,10,13,16-17H,1-4,8-9,11H2. The van der Waals surface area contributed by atoms with Crippen molar-refractivity contribution in [2.75, 3.05) is 0 Å². The molecule has 0 spiro atoms. The minimum absolute atomic E-state index is 0.330. The highest BCUT2D eigenvalue weighted by Gasteiger charge is 2.17. The van der Waals surface area contributed by atoms with Gasteiger partial charge in [-0.3, -0.25) is 0 Å². The SMILES string of the molecule is OB(O)c1ccccc1COC1CCCCCC1. The van der Waals surface area contributed by atoms with E-state index in [0.717, 1.165) is 18.4 Å². The van der Waals surface area contributed by atoms with E-state index < -0.39 is 7.12 Å². The molecule has 0 aromatic heterocycles. The molecule has 0 radical (unpaired) electrons. The zero-order valence-corrected chi connectivity index (χ0v) is 10.7. The van der Waals surface area contributed by atoms with E-state index in [1.807, 2.05) is 18.2 Å². The Bertz CT molecular complexity index is 360. The van der Waals surface area contributed by atoms with Crippen molar-refractivity contribution >= 4 is 12.6 Å². The lowest BCUT2D eigenvalue weighted by molar-refractivity contribution is 0.0313. The fourth-order valence-corrected chi connectivity index (χ4v) is 2.53. The summed E-state index contributed by atoms with van der Waals surface area (Å²) in [6, 6.07) is 7.34. The zero-order chi connectivity index (χ0) is 12.8. The summed E-state index contributed by atoms with van der Waals surface area (Å²) in [5.74, 6) is 0. The number of ether oxygens (including phenoxy) is 1. The van der Waals surface area contributed by atoms with Crippen LogP contribution in [0.5, 0.6) is 0 Å². The molecule has 0 heterocycles. The van der Waals surface area contributed by atoms with Crippen molar-refractivity contribution in [1.82, 2.24) is 0 Å². The van der Waals surface area contributed by atoms with Gasteiger partial charge >= 0.3 is 7.12 Å². The van der Waals surface area contributed by atoms with E-state index >= 15 is 0 Å². The number of hydrogen-bond donors (Lipinski definition) is 2. The molecule has 0 saturated heterocycles. The normalized spacial score (nSPS) is 17.4. The average Bonchev–Trinajstić information content (AvgIpc) is 2.65. The van der Waals surface area contributed by atoms with Gasteiger partial charge in [0, 0.05) is 0 Å². The Morgan fingerprint density at radius 1 is 1.06 bits per heavy atom. The van der Waals surface area contributed by atoms with Crippen molar-refractivity contribution < 1.29 is 14.8 Å². The molecular formula is C14H21BO3. The summed E-state index contributed by atoms with van der Waals surface area (Å²) in [4.78, 5) is 0. The average molecular weight is 248 g/mol. The van der Waals surface area contributed by atoms with Gasteiger partial charge in [0.15, 0.2) is 0 Å². The minimum atomic E-state index is -1.42. The highest BCUT2D eigenvalue weighted by molar-refractivity contribution is 6.59. The molecule has 2 rings (SSSR count). The highest BCUT2D eigenvalue weighted by Crippen LogP contribution is 2.20. The maximum atomic E-state index is 9.29. The Hall–Kier alpha value is -0.835. The van der Waals surface area contributed by atoms with E-state index in [9.17, 15) is 10.0 Å². The molecule has 4 heteroatoms. The Morgan fingerprint density at radius 2 is 1.72 bits per heavy atom. The summed E-state index contributed by atoms with van der Waals surface area (Å²) in [5.41, 5.74) is 1.42. The summed E-state index contributed by atoms with van der Waals surface area (Å²) in [7, 11) is -1.42. The minimum Gasteiger partial charge on any atom is -0.423 e. The predicted molar refractivity (Wildman–Crippen MR) is 72.5 cm³/mol. The fraction of sp³-hybridized carbons (Fsp3) is 0.571. The van der Waals surface area contributed by atoms with E-state index in [4.69, 9.17) is 4.74 Å². The van der Waals surface area contributed by atoms with Crippen LogP contribution in [0, 0.1) is 0 Å². The van der Waals surface area contributed by atoms with Gasteiger partial charge in [0.1, 0.15) is 0 Å². The Labute approximate surface area is 109 Å². The molecule has 0 amide bonds. The van der Waals surface area contributed by atoms with Crippen LogP contribution < -0.4 is 5.46 Å². The molecule has 3 nitrogen and oxygen atoms in total. The van der Waals surface area contributed by atoms with Crippen molar-refractivity contribution in [2.24, 2.45) is 0 Å². The van der Waals surface area contributed by atoms with Crippen molar-refractivity contribution in [2.45, 2.75) is 51.2 Å². The number of benzene rings is 1. The van der Waals surface area contributed by atoms with Gasteiger partial charge in [-0.2, -0.15) is 0 Å². The quantitative estimate of drug-likeness (QED) is 0.628. The molecule has 0 atom stereocenters. The van der Waals surface area contributed by atoms with Crippen LogP contribution in [0.1, 0.15) is 44.1 Å². The smallest absolute Gasteiger partial charge is 0.423 e. The number of hydrogen-bond acceptors (Lipinski definition) is 3. The van der Waals surface area contributed by atoms with E-state index in [0.29, 0.717) is 18.2 Å². The summed E-state index contributed by atoms with van der Waals surface area (Å²) in [6.07, 6.45) is 7.70. The third-order valence-electron chi connectivity index (χ3n) is 3.61. The molecular weight excluding hydrogens is 227 g/mol. The fourth-order valence-electron chi connectivity index (χ4n) is 2.53. The Balaban J connectivity index is 1.92. The first kappa shape index (κ1) is 13.6. The van der Waals surface area contributed by atoms with Crippen LogP contribution in [0.15, 0.2) is 24.3 Å². The van der Waals surface area contributed by atoms with Crippen LogP contribution in [0.2, 0.25) is 0 Å². The molecule has 0 aliphatic heterocycles. The van der Waals surface area contributed by atoms with Crippen LogP contribution in [0.3, 0.4) is 0 Å². The molecule has 1 aromatic rings. The summed E-state index contributed by atoms with van der Waals surface area (Å²) < 4.78 is 5.92. The first-order valence-electron chi connectivity index (χ1n) is 6.83. The molecule has 1 aromatic carbocycles. The zero-order valence-electron chi connectivity index (χ0n) is 10.7. The maximum absolute atomic E-state index is 9.29. The van der Waals surface area contributed by atoms with Crippen molar-refractivity contribution in [1.29, 1.82) is 0 Å². The summed E-state index contributed by atoms with van der Waals surface area (Å²) >= 11 is 0. The Morgan fingerprint density at radius 3 is 2.39 bits per heavy atom. The van der Waals surface area contributed by atoms with Gasteiger partial charge in [-0.1, -0.05) is 49.9 Å². The van der Waals surface area contributed by atoms with E-state index in [1.54, 1.807) is 6.07 Å². The van der Waals surface area contributed by atoms with E-state index in [1.165, 1.54) is 25.7 Å². The Kier molecular flexibility index (Phi) is 5.23. The van der Waals surface area contributed by atoms with E-state index in [-0.39, 0.29) is 0 Å². The second-order valence-electron chi connectivity index (χ2n) is 5.00. The lowest BCUT2D eigenvalue weighted by atomic mass is 9.77. The molecule has 2 N–H and O–H groups in total. The molecule has 1 fully saturated rings. The van der Waals surface area contributed by atoms with Gasteiger partial charge in [0.05, 0.1) is 12.7 Å². The van der Waals surface area contributed by atoms with Gasteiger partial charge in [0.25, 0.3) is 0 Å². The summed E-state index contributed by atoms with van der Waals surface area (Å²) in [5, 5.41) is 18.6. The molecule has 1 saturated carbocycles. The molecule has 1 aliphatic carbocycles. The highest BCUT2D eigenvalue weighted by atomic mass is 16.5. The first-order chi connectivity index (χ1) is 8.77. The molecule has 98 valence electrons. The lowest BCUT2D eigenvalue weighted by Gasteiger charge is -2.17. The van der Waals surface area contributed by atoms with Gasteiger partial charge in [-0.25, -0.2) is 0 Å². The molecule has 0 unspecified atom stereocenters. The second-order valence-corrected chi connectivity index (χ2v) is 5.00. The van der Waals surface area contributed by atoms with Gasteiger partial charge in [-0.05, 0) is 23.9 Å². The third-order valence-corrected chi connectivity index (χ3v) is 3.61. The van der Waals surface area contributed by atoms with Crippen molar-refractivity contribution in [3.8, 4) is 0 Å². The van der Waals surface area contributed by atoms with Crippen molar-refractivity contribution in [3.63, 3.8) is 0 Å². The predicted octanol–water partition coefficient (Wildman–Crippen LogP) is 1.61. The largest absolute Gasteiger partial charge is 0.488 e. The maximum Gasteiger partial charge on any atom is 0.488 e. The third kappa shape index (κ3) is 3.84. The topological polar surface area (TPSA) is 49.7 Å². The van der Waals surface area contributed by atoms with Crippen LogP contribution in [0.4, 0.5) is 0 Å². The first-order valence-corrected chi connectivity index (χ1v) is 6.83. The summed E-state index contributed by atoms with van der Waals surface area (Å²) in [6.45, 7) is 0.471. The molecule has 1 aliphatic rings. The van der Waals surface area contributed by atoms with Crippen LogP contribution >= 0.6 is 0 Å². The molecule has 0 bridgehead atoms. The van der Waals surface area contributed by atoms with Crippen LogP contribution in [-0.2, 0) is 11.3 Å². The lowest BCUT2D eigenvalue weighted by Crippen LogP contribution is -2.33. The van der Waals surface area contributed by atoms with Gasteiger partial charge in [-0.15, -0.1) is 0 Å². The van der Waals surface area contributed by atoms with Gasteiger partial charge in [0.2, 0.25) is 0 Å². The number of rotatable bonds is 4.